The molecule has 96 heavy (non-hydrogen) atoms. The molecule has 0 spiro atoms. The van der Waals surface area contributed by atoms with Crippen LogP contribution in [-0.2, 0) is 76.3 Å². The SMILES string of the molecule is CCC(C)(C)C(=O)OC1CC2CC(C(=O)OC3(C)CCCC3)C1C2.CCC(C)C(=O)OC1CC2CC(C(=O)OC3(C)CCCC3)C1C2.CCC(C)C(=O)OC1CC2CC(C(=O)OC3(CC)CCCC3)C1C2.CCC1(OC(=O)C2CC3CC(OC(=O)C(C)(C)CC)C2C3)CCCC1. The molecule has 12 aliphatic rings. The van der Waals surface area contributed by atoms with Gasteiger partial charge in [-0.05, 0) is 284 Å². The van der Waals surface area contributed by atoms with Gasteiger partial charge in [0.05, 0.1) is 46.3 Å². The highest BCUT2D eigenvalue weighted by Gasteiger charge is 2.57. The van der Waals surface area contributed by atoms with E-state index in [1.165, 1.54) is 0 Å². The largest absolute Gasteiger partial charge is 0.462 e. The van der Waals surface area contributed by atoms with Gasteiger partial charge >= 0.3 is 47.8 Å². The van der Waals surface area contributed by atoms with Gasteiger partial charge in [-0.1, -0.05) is 55.4 Å². The summed E-state index contributed by atoms with van der Waals surface area (Å²) in [6, 6.07) is 0. The van der Waals surface area contributed by atoms with Gasteiger partial charge in [0.15, 0.2) is 0 Å². The average molecular weight is 1350 g/mol. The minimum atomic E-state index is -0.450. The van der Waals surface area contributed by atoms with E-state index in [-0.39, 0.29) is 154 Å². The van der Waals surface area contributed by atoms with Gasteiger partial charge in [-0.15, -0.1) is 0 Å². The third-order valence-corrected chi connectivity index (χ3v) is 27.1. The number of carbonyl (C=O) groups is 8. The molecule has 12 rings (SSSR count). The predicted octanol–water partition coefficient (Wildman–Crippen LogP) is 17.0. The van der Waals surface area contributed by atoms with E-state index in [4.69, 9.17) is 37.9 Å². The zero-order valence-electron chi connectivity index (χ0n) is 62.0. The second-order valence-electron chi connectivity index (χ2n) is 34.8. The lowest BCUT2D eigenvalue weighted by atomic mass is 9.85. The van der Waals surface area contributed by atoms with Crippen LogP contribution in [-0.4, -0.2) is 94.6 Å². The summed E-state index contributed by atoms with van der Waals surface area (Å²) in [6.07, 6.45) is 33.1. The number of hydrogen-bond acceptors (Lipinski definition) is 16. The third kappa shape index (κ3) is 17.7. The maximum atomic E-state index is 12.9. The first kappa shape index (κ1) is 76.0. The Morgan fingerprint density at radius 3 is 0.844 bits per heavy atom. The summed E-state index contributed by atoms with van der Waals surface area (Å²) < 4.78 is 47.0. The molecule has 0 radical (unpaired) electrons. The second kappa shape index (κ2) is 31.8. The van der Waals surface area contributed by atoms with E-state index in [9.17, 15) is 38.4 Å². The minimum Gasteiger partial charge on any atom is -0.462 e. The molecule has 16 heteroatoms. The van der Waals surface area contributed by atoms with Crippen molar-refractivity contribution in [2.24, 2.45) is 93.7 Å². The Labute approximate surface area is 577 Å². The highest BCUT2D eigenvalue weighted by atomic mass is 16.6. The van der Waals surface area contributed by atoms with Crippen molar-refractivity contribution in [2.45, 2.75) is 362 Å². The first-order valence-corrected chi connectivity index (χ1v) is 39.2. The molecule has 0 N–H and O–H groups in total. The predicted molar refractivity (Wildman–Crippen MR) is 365 cm³/mol. The highest BCUT2D eigenvalue weighted by Crippen LogP contribution is 2.56. The molecule has 18 atom stereocenters. The van der Waals surface area contributed by atoms with Gasteiger partial charge in [0, 0.05) is 23.7 Å². The fourth-order valence-electron chi connectivity index (χ4n) is 19.3. The molecule has 12 fully saturated rings. The monoisotopic (exact) mass is 1340 g/mol. The lowest BCUT2D eigenvalue weighted by molar-refractivity contribution is -0.174. The van der Waals surface area contributed by atoms with Gasteiger partial charge in [0.25, 0.3) is 0 Å². The normalized spacial score (nSPS) is 34.6. The molecule has 0 aromatic rings. The fraction of sp³-hybridized carbons (Fsp3) is 0.900. The number of esters is 8. The van der Waals surface area contributed by atoms with E-state index in [1.54, 1.807) is 0 Å². The summed E-state index contributed by atoms with van der Waals surface area (Å²) in [4.78, 5) is 100. The Kier molecular flexibility index (Phi) is 25.1. The first-order valence-electron chi connectivity index (χ1n) is 39.2. The van der Waals surface area contributed by atoms with Gasteiger partial charge in [0.1, 0.15) is 46.8 Å². The van der Waals surface area contributed by atoms with E-state index >= 15 is 0 Å². The molecule has 0 aliphatic heterocycles. The van der Waals surface area contributed by atoms with Gasteiger partial charge < -0.3 is 37.9 Å². The molecule has 8 bridgehead atoms. The quantitative estimate of drug-likeness (QED) is 0.0729. The van der Waals surface area contributed by atoms with Crippen LogP contribution in [0.3, 0.4) is 0 Å². The Balaban J connectivity index is 0.000000150. The van der Waals surface area contributed by atoms with E-state index in [0.717, 1.165) is 218 Å². The highest BCUT2D eigenvalue weighted by molar-refractivity contribution is 5.79. The van der Waals surface area contributed by atoms with Crippen molar-refractivity contribution in [3.8, 4) is 0 Å². The van der Waals surface area contributed by atoms with Crippen molar-refractivity contribution in [2.75, 3.05) is 0 Å². The van der Waals surface area contributed by atoms with Gasteiger partial charge in [0.2, 0.25) is 0 Å². The van der Waals surface area contributed by atoms with E-state index < -0.39 is 10.8 Å². The summed E-state index contributed by atoms with van der Waals surface area (Å²) in [5.41, 5.74) is -1.88. The molecule has 16 nitrogen and oxygen atoms in total. The minimum absolute atomic E-state index is 0.0319. The van der Waals surface area contributed by atoms with Crippen LogP contribution in [0.5, 0.6) is 0 Å². The van der Waals surface area contributed by atoms with E-state index in [2.05, 4.69) is 27.7 Å². The van der Waals surface area contributed by atoms with Crippen molar-refractivity contribution >= 4 is 47.8 Å². The summed E-state index contributed by atoms with van der Waals surface area (Å²) in [5.74, 6) is 1.65. The molecule has 12 aliphatic carbocycles. The molecular formula is C80H128O16. The van der Waals surface area contributed by atoms with Crippen LogP contribution in [0.1, 0.15) is 315 Å². The van der Waals surface area contributed by atoms with Crippen molar-refractivity contribution < 1.29 is 76.3 Å². The van der Waals surface area contributed by atoms with Crippen LogP contribution in [0.15, 0.2) is 0 Å². The van der Waals surface area contributed by atoms with Crippen LogP contribution >= 0.6 is 0 Å². The molecule has 544 valence electrons. The topological polar surface area (TPSA) is 210 Å². The molecular weight excluding hydrogens is 1220 g/mol. The lowest BCUT2D eigenvalue weighted by Gasteiger charge is -2.34. The Bertz CT molecular complexity index is 2690. The van der Waals surface area contributed by atoms with Crippen LogP contribution < -0.4 is 0 Å². The summed E-state index contributed by atoms with van der Waals surface area (Å²) in [5, 5.41) is 0. The summed E-state index contributed by atoms with van der Waals surface area (Å²) >= 11 is 0. The van der Waals surface area contributed by atoms with Crippen molar-refractivity contribution in [3.63, 3.8) is 0 Å². The van der Waals surface area contributed by atoms with Gasteiger partial charge in [-0.3, -0.25) is 38.4 Å². The molecule has 0 saturated heterocycles. The lowest BCUT2D eigenvalue weighted by Crippen LogP contribution is -2.40. The maximum Gasteiger partial charge on any atom is 0.311 e. The zero-order valence-corrected chi connectivity index (χ0v) is 62.0. The molecule has 0 aromatic carbocycles. The van der Waals surface area contributed by atoms with Gasteiger partial charge in [-0.25, -0.2) is 0 Å². The Morgan fingerprint density at radius 1 is 0.354 bits per heavy atom. The van der Waals surface area contributed by atoms with Crippen molar-refractivity contribution in [1.29, 1.82) is 0 Å². The average Bonchev–Trinajstić information content (AvgIpc) is 1.66. The van der Waals surface area contributed by atoms with Crippen molar-refractivity contribution in [1.82, 2.24) is 0 Å². The van der Waals surface area contributed by atoms with Gasteiger partial charge in [-0.2, -0.15) is 0 Å². The van der Waals surface area contributed by atoms with Crippen LogP contribution in [0, 0.1) is 93.7 Å². The standard InChI is InChI=1S/C21H34O4.2C20H32O4.C19H30O4/c1-5-20(3,4)19(23)24-17-13-14-11-15(17)16(12-14)18(22)25-21(6-2)9-7-8-10-21;1-5-19(2,3)18(22)23-16-12-13-10-14(16)15(11-13)17(21)24-20(4)8-6-7-9-20;1-4-13(3)18(21)23-17-12-14-10-15(17)16(11-14)19(22)24-20(5-2)8-6-7-9-20;1-4-12(2)17(20)22-16-11-13-9-14(16)15(10-13)18(21)23-19(3)7-5-6-8-19/h14-17H,5-13H2,1-4H3;13-16H,5-12H2,1-4H3;13-17H,4-12H2,1-3H3;12-16H,4-11H2,1-3H3. The number of rotatable bonds is 22. The van der Waals surface area contributed by atoms with E-state index in [1.807, 2.05) is 69.2 Å². The second-order valence-corrected chi connectivity index (χ2v) is 34.8. The number of hydrogen-bond donors (Lipinski definition) is 0. The number of fused-ring (bicyclic) bond motifs is 8. The van der Waals surface area contributed by atoms with Crippen LogP contribution in [0.2, 0.25) is 0 Å². The summed E-state index contributed by atoms with van der Waals surface area (Å²) in [6.45, 7) is 27.9. The molecule has 0 aromatic heterocycles. The van der Waals surface area contributed by atoms with Crippen LogP contribution in [0.25, 0.3) is 0 Å². The number of ether oxygens (including phenoxy) is 8. The first-order chi connectivity index (χ1) is 45.4. The smallest absolute Gasteiger partial charge is 0.311 e. The molecule has 12 saturated carbocycles. The van der Waals surface area contributed by atoms with Crippen LogP contribution in [0.4, 0.5) is 0 Å². The van der Waals surface area contributed by atoms with E-state index in [0.29, 0.717) is 23.7 Å². The molecule has 0 amide bonds. The third-order valence-electron chi connectivity index (χ3n) is 27.1. The molecule has 18 unspecified atom stereocenters. The zero-order chi connectivity index (χ0) is 69.7. The Hall–Kier alpha value is -4.24. The maximum absolute atomic E-state index is 12.9. The Morgan fingerprint density at radius 2 is 0.604 bits per heavy atom. The fourth-order valence-corrected chi connectivity index (χ4v) is 19.3. The summed E-state index contributed by atoms with van der Waals surface area (Å²) in [7, 11) is 0. The van der Waals surface area contributed by atoms with Crippen molar-refractivity contribution in [3.05, 3.63) is 0 Å². The number of carbonyl (C=O) groups excluding carboxylic acids is 8. The molecule has 0 heterocycles.